The van der Waals surface area contributed by atoms with Crippen LogP contribution in [0, 0.1) is 11.3 Å². The molecule has 3 aromatic rings. The van der Waals surface area contributed by atoms with E-state index < -0.39 is 11.7 Å². The maximum Gasteiger partial charge on any atom is 0.416 e. The second-order valence-electron chi connectivity index (χ2n) is 8.26. The largest absolute Gasteiger partial charge is 0.416 e. The normalized spacial score (nSPS) is 16.0. The number of nitrogens with one attached hydrogen (secondary N) is 1. The second kappa shape index (κ2) is 10.2. The molecule has 182 valence electrons. The van der Waals surface area contributed by atoms with Gasteiger partial charge in [0, 0.05) is 37.4 Å². The van der Waals surface area contributed by atoms with Gasteiger partial charge >= 0.3 is 6.18 Å². The first-order valence-corrected chi connectivity index (χ1v) is 11.0. The van der Waals surface area contributed by atoms with Gasteiger partial charge in [0.2, 0.25) is 17.6 Å². The van der Waals surface area contributed by atoms with Gasteiger partial charge in [-0.1, -0.05) is 23.4 Å². The third-order valence-electron chi connectivity index (χ3n) is 5.84. The van der Waals surface area contributed by atoms with Crippen LogP contribution in [0.15, 0.2) is 53.1 Å². The molecule has 0 bridgehead atoms. The van der Waals surface area contributed by atoms with Crippen molar-refractivity contribution in [2.45, 2.75) is 19.1 Å². The molecule has 1 saturated heterocycles. The first kappa shape index (κ1) is 24.4. The van der Waals surface area contributed by atoms with Crippen LogP contribution in [0.2, 0.25) is 0 Å². The molecule has 1 atom stereocenters. The maximum atomic E-state index is 13.0. The van der Waals surface area contributed by atoms with Crippen molar-refractivity contribution in [2.75, 3.05) is 38.0 Å². The van der Waals surface area contributed by atoms with E-state index in [1.807, 2.05) is 17.9 Å². The van der Waals surface area contributed by atoms with Crippen molar-refractivity contribution in [1.29, 1.82) is 5.26 Å². The molecule has 1 amide bonds. The molecule has 0 spiro atoms. The SMILES string of the molecule is CC(c1nc(-c2cccc(C(F)(F)F)c2)no1)N1CCN(CC(=O)Nc2cccc(C#N)c2)CC1. The summed E-state index contributed by atoms with van der Waals surface area (Å²) in [5.41, 5.74) is 0.516. The van der Waals surface area contributed by atoms with Gasteiger partial charge < -0.3 is 9.84 Å². The molecule has 4 rings (SSSR count). The molecular formula is C24H23F3N6O2. The third kappa shape index (κ3) is 6.03. The van der Waals surface area contributed by atoms with Gasteiger partial charge in [0.25, 0.3) is 0 Å². The van der Waals surface area contributed by atoms with E-state index in [2.05, 4.69) is 20.4 Å². The van der Waals surface area contributed by atoms with Crippen molar-refractivity contribution >= 4 is 11.6 Å². The highest BCUT2D eigenvalue weighted by Gasteiger charge is 2.31. The molecule has 1 aromatic heterocycles. The molecule has 2 aromatic carbocycles. The Balaban J connectivity index is 1.31. The maximum absolute atomic E-state index is 13.0. The molecule has 1 aliphatic heterocycles. The fourth-order valence-electron chi connectivity index (χ4n) is 3.89. The molecule has 35 heavy (non-hydrogen) atoms. The van der Waals surface area contributed by atoms with Crippen LogP contribution in [0.1, 0.15) is 30.0 Å². The summed E-state index contributed by atoms with van der Waals surface area (Å²) in [4.78, 5) is 20.8. The molecule has 11 heteroatoms. The monoisotopic (exact) mass is 484 g/mol. The Morgan fingerprint density at radius 3 is 2.63 bits per heavy atom. The van der Waals surface area contributed by atoms with Crippen LogP contribution in [0.4, 0.5) is 18.9 Å². The lowest BCUT2D eigenvalue weighted by atomic mass is 10.1. The van der Waals surface area contributed by atoms with Gasteiger partial charge in [-0.25, -0.2) is 0 Å². The molecule has 1 fully saturated rings. The van der Waals surface area contributed by atoms with Crippen molar-refractivity contribution in [3.05, 3.63) is 65.5 Å². The summed E-state index contributed by atoms with van der Waals surface area (Å²) in [7, 11) is 0. The number of hydrogen-bond acceptors (Lipinski definition) is 7. The first-order valence-electron chi connectivity index (χ1n) is 11.0. The molecule has 1 unspecified atom stereocenters. The van der Waals surface area contributed by atoms with Crippen molar-refractivity contribution in [2.24, 2.45) is 0 Å². The molecule has 0 radical (unpaired) electrons. The zero-order valence-corrected chi connectivity index (χ0v) is 18.9. The van der Waals surface area contributed by atoms with Gasteiger partial charge in [-0.15, -0.1) is 0 Å². The van der Waals surface area contributed by atoms with Crippen LogP contribution >= 0.6 is 0 Å². The minimum absolute atomic E-state index is 0.105. The highest BCUT2D eigenvalue weighted by molar-refractivity contribution is 5.92. The Labute approximate surface area is 199 Å². The number of alkyl halides is 3. The van der Waals surface area contributed by atoms with Crippen molar-refractivity contribution < 1.29 is 22.5 Å². The van der Waals surface area contributed by atoms with Crippen LogP contribution < -0.4 is 5.32 Å². The molecular weight excluding hydrogens is 461 g/mol. The number of rotatable bonds is 6. The number of nitrogens with zero attached hydrogens (tertiary/aromatic N) is 5. The summed E-state index contributed by atoms with van der Waals surface area (Å²) in [6.07, 6.45) is -4.45. The number of aromatic nitrogens is 2. The first-order chi connectivity index (χ1) is 16.7. The number of benzene rings is 2. The number of anilines is 1. The Morgan fingerprint density at radius 1 is 1.17 bits per heavy atom. The number of amides is 1. The lowest BCUT2D eigenvalue weighted by Gasteiger charge is -2.36. The summed E-state index contributed by atoms with van der Waals surface area (Å²) in [6, 6.07) is 13.4. The van der Waals surface area contributed by atoms with E-state index in [-0.39, 0.29) is 29.9 Å². The molecule has 8 nitrogen and oxygen atoms in total. The average molecular weight is 484 g/mol. The lowest BCUT2D eigenvalue weighted by molar-refractivity contribution is -0.137. The van der Waals surface area contributed by atoms with Gasteiger partial charge in [-0.05, 0) is 37.3 Å². The number of nitriles is 1. The van der Waals surface area contributed by atoms with Crippen LogP contribution in [0.5, 0.6) is 0 Å². The number of piperazine rings is 1. The molecule has 1 aliphatic rings. The van der Waals surface area contributed by atoms with Crippen molar-refractivity contribution in [3.8, 4) is 17.5 Å². The second-order valence-corrected chi connectivity index (χ2v) is 8.26. The van der Waals surface area contributed by atoms with Gasteiger partial charge in [0.15, 0.2) is 0 Å². The van der Waals surface area contributed by atoms with Gasteiger partial charge in [0.05, 0.1) is 29.8 Å². The van der Waals surface area contributed by atoms with E-state index in [0.29, 0.717) is 43.3 Å². The Morgan fingerprint density at radius 2 is 1.91 bits per heavy atom. The highest BCUT2D eigenvalue weighted by Crippen LogP contribution is 2.32. The van der Waals surface area contributed by atoms with Gasteiger partial charge in [-0.3, -0.25) is 14.6 Å². The fraction of sp³-hybridized carbons (Fsp3) is 0.333. The van der Waals surface area contributed by atoms with Crippen LogP contribution in [0.3, 0.4) is 0 Å². The minimum Gasteiger partial charge on any atom is -0.337 e. The summed E-state index contributed by atoms with van der Waals surface area (Å²) < 4.78 is 44.3. The minimum atomic E-state index is -4.45. The van der Waals surface area contributed by atoms with E-state index >= 15 is 0 Å². The van der Waals surface area contributed by atoms with Crippen LogP contribution in [-0.4, -0.2) is 58.6 Å². The molecule has 1 N–H and O–H groups in total. The summed E-state index contributed by atoms with van der Waals surface area (Å²) in [5.74, 6) is 0.263. The van der Waals surface area contributed by atoms with Crippen molar-refractivity contribution in [1.82, 2.24) is 19.9 Å². The smallest absolute Gasteiger partial charge is 0.337 e. The van der Waals surface area contributed by atoms with Gasteiger partial charge in [0.1, 0.15) is 0 Å². The number of halogens is 3. The molecule has 2 heterocycles. The zero-order chi connectivity index (χ0) is 25.0. The lowest BCUT2D eigenvalue weighted by Crippen LogP contribution is -2.49. The van der Waals surface area contributed by atoms with E-state index in [9.17, 15) is 18.0 Å². The molecule has 0 saturated carbocycles. The summed E-state index contributed by atoms with van der Waals surface area (Å²) >= 11 is 0. The number of hydrogen-bond donors (Lipinski definition) is 1. The predicted molar refractivity (Wildman–Crippen MR) is 121 cm³/mol. The van der Waals surface area contributed by atoms with Crippen molar-refractivity contribution in [3.63, 3.8) is 0 Å². The number of carbonyl (C=O) groups is 1. The van der Waals surface area contributed by atoms with Gasteiger partial charge in [-0.2, -0.15) is 23.4 Å². The summed E-state index contributed by atoms with van der Waals surface area (Å²) in [5, 5.41) is 15.7. The Bertz CT molecular complexity index is 1230. The average Bonchev–Trinajstić information content (AvgIpc) is 3.34. The third-order valence-corrected chi connectivity index (χ3v) is 5.84. The zero-order valence-electron chi connectivity index (χ0n) is 18.9. The highest BCUT2D eigenvalue weighted by atomic mass is 19.4. The van der Waals surface area contributed by atoms with E-state index in [1.165, 1.54) is 12.1 Å². The van der Waals surface area contributed by atoms with Crippen LogP contribution in [-0.2, 0) is 11.0 Å². The fourth-order valence-corrected chi connectivity index (χ4v) is 3.89. The predicted octanol–water partition coefficient (Wildman–Crippen LogP) is 3.94. The Hall–Kier alpha value is -3.75. The molecule has 0 aliphatic carbocycles. The van der Waals surface area contributed by atoms with E-state index in [0.717, 1.165) is 12.1 Å². The van der Waals surface area contributed by atoms with E-state index in [4.69, 9.17) is 9.78 Å². The quantitative estimate of drug-likeness (QED) is 0.566. The topological polar surface area (TPSA) is 98.3 Å². The Kier molecular flexibility index (Phi) is 7.14. The number of carbonyl (C=O) groups excluding carboxylic acids is 1. The van der Waals surface area contributed by atoms with Crippen LogP contribution in [0.25, 0.3) is 11.4 Å². The standard InChI is InChI=1S/C24H23F3N6O2/c1-16(23-30-22(31-35-23)18-5-3-6-19(13-18)24(25,26)27)33-10-8-32(9-11-33)15-21(34)29-20-7-2-4-17(12-20)14-28/h2-7,12-13,16H,8-11,15H2,1H3,(H,29,34). The summed E-state index contributed by atoms with van der Waals surface area (Å²) in [6.45, 7) is 4.71. The van der Waals surface area contributed by atoms with E-state index in [1.54, 1.807) is 24.3 Å².